The molecule has 1 aromatic heterocycles. The summed E-state index contributed by atoms with van der Waals surface area (Å²) in [6.45, 7) is 1.39. The highest BCUT2D eigenvalue weighted by Crippen LogP contribution is 2.12. The summed E-state index contributed by atoms with van der Waals surface area (Å²) in [7, 11) is -3.36. The maximum Gasteiger partial charge on any atom is 0.279 e. The molecule has 0 aliphatic carbocycles. The van der Waals surface area contributed by atoms with Crippen molar-refractivity contribution in [3.05, 3.63) is 18.4 Å². The molecule has 0 aromatic carbocycles. The second kappa shape index (κ2) is 4.94. The highest BCUT2D eigenvalue weighted by molar-refractivity contribution is 7.87. The molecule has 1 saturated heterocycles. The molecule has 1 aromatic rings. The quantitative estimate of drug-likeness (QED) is 0.838. The van der Waals surface area contributed by atoms with Gasteiger partial charge in [0.2, 0.25) is 0 Å². The Morgan fingerprint density at radius 1 is 1.38 bits per heavy atom. The van der Waals surface area contributed by atoms with E-state index in [0.717, 1.165) is 19.3 Å². The normalized spacial score (nSPS) is 18.8. The second-order valence-electron chi connectivity index (χ2n) is 3.77. The van der Waals surface area contributed by atoms with Gasteiger partial charge in [-0.3, -0.25) is 0 Å². The van der Waals surface area contributed by atoms with Crippen molar-refractivity contribution in [2.45, 2.75) is 25.8 Å². The zero-order chi connectivity index (χ0) is 11.4. The third kappa shape index (κ3) is 2.81. The molecule has 90 valence electrons. The van der Waals surface area contributed by atoms with Gasteiger partial charge in [0.05, 0.1) is 12.2 Å². The number of oxazole rings is 1. The monoisotopic (exact) mass is 245 g/mol. The molecule has 0 saturated carbocycles. The lowest BCUT2D eigenvalue weighted by Gasteiger charge is -2.25. The van der Waals surface area contributed by atoms with E-state index in [1.54, 1.807) is 0 Å². The van der Waals surface area contributed by atoms with E-state index >= 15 is 0 Å². The van der Waals surface area contributed by atoms with Crippen LogP contribution in [0.4, 0.5) is 0 Å². The molecule has 0 unspecified atom stereocenters. The van der Waals surface area contributed by atoms with Gasteiger partial charge in [0.1, 0.15) is 6.26 Å². The van der Waals surface area contributed by atoms with E-state index in [1.165, 1.54) is 17.0 Å². The first-order chi connectivity index (χ1) is 7.68. The van der Waals surface area contributed by atoms with E-state index in [1.807, 2.05) is 0 Å². The van der Waals surface area contributed by atoms with Crippen LogP contribution in [0.15, 0.2) is 17.1 Å². The highest BCUT2D eigenvalue weighted by atomic mass is 32.2. The summed E-state index contributed by atoms with van der Waals surface area (Å²) >= 11 is 0. The molecule has 0 radical (unpaired) electrons. The molecule has 1 N–H and O–H groups in total. The van der Waals surface area contributed by atoms with Crippen LogP contribution in [-0.2, 0) is 16.8 Å². The molecule has 16 heavy (non-hydrogen) atoms. The van der Waals surface area contributed by atoms with Crippen LogP contribution in [0.2, 0.25) is 0 Å². The van der Waals surface area contributed by atoms with Crippen molar-refractivity contribution >= 4 is 10.2 Å². The number of hydrogen-bond donors (Lipinski definition) is 1. The molecule has 0 bridgehead atoms. The third-order valence-corrected chi connectivity index (χ3v) is 4.13. The molecule has 0 amide bonds. The van der Waals surface area contributed by atoms with Crippen molar-refractivity contribution in [3.63, 3.8) is 0 Å². The van der Waals surface area contributed by atoms with Crippen LogP contribution in [0.5, 0.6) is 0 Å². The summed E-state index contributed by atoms with van der Waals surface area (Å²) in [5.41, 5.74) is 0.584. The van der Waals surface area contributed by atoms with Gasteiger partial charge in [0.15, 0.2) is 6.39 Å². The molecule has 1 fully saturated rings. The van der Waals surface area contributed by atoms with Crippen LogP contribution in [0.25, 0.3) is 0 Å². The largest absolute Gasteiger partial charge is 0.451 e. The predicted molar refractivity (Wildman–Crippen MR) is 57.7 cm³/mol. The van der Waals surface area contributed by atoms with Crippen LogP contribution in [0.3, 0.4) is 0 Å². The fourth-order valence-electron chi connectivity index (χ4n) is 1.69. The number of piperidine rings is 1. The Kier molecular flexibility index (Phi) is 3.57. The van der Waals surface area contributed by atoms with E-state index in [0.29, 0.717) is 18.8 Å². The zero-order valence-electron chi connectivity index (χ0n) is 8.92. The lowest BCUT2D eigenvalue weighted by Crippen LogP contribution is -2.43. The zero-order valence-corrected chi connectivity index (χ0v) is 9.74. The first-order valence-corrected chi connectivity index (χ1v) is 6.74. The number of nitrogens with one attached hydrogen (secondary N) is 1. The topological polar surface area (TPSA) is 75.4 Å². The molecular weight excluding hydrogens is 230 g/mol. The van der Waals surface area contributed by atoms with Gasteiger partial charge < -0.3 is 4.42 Å². The maximum atomic E-state index is 11.8. The van der Waals surface area contributed by atoms with Crippen LogP contribution < -0.4 is 4.72 Å². The van der Waals surface area contributed by atoms with Gasteiger partial charge in [-0.1, -0.05) is 6.42 Å². The van der Waals surface area contributed by atoms with Gasteiger partial charge in [0, 0.05) is 13.1 Å². The summed E-state index contributed by atoms with van der Waals surface area (Å²) in [5.74, 6) is 0. The Hall–Kier alpha value is -0.920. The minimum absolute atomic E-state index is 0.176. The first-order valence-electron chi connectivity index (χ1n) is 5.30. The van der Waals surface area contributed by atoms with Gasteiger partial charge >= 0.3 is 0 Å². The third-order valence-electron chi connectivity index (χ3n) is 2.57. The molecule has 6 nitrogen and oxygen atoms in total. The predicted octanol–water partition coefficient (Wildman–Crippen LogP) is 0.495. The number of nitrogens with zero attached hydrogens (tertiary/aromatic N) is 2. The van der Waals surface area contributed by atoms with Crippen LogP contribution in [0, 0.1) is 0 Å². The standard InChI is InChI=1S/C9H15N3O3S/c13-16(14,12-4-2-1-3-5-12)11-6-9-7-15-8-10-9/h7-8,11H,1-6H2. The number of aromatic nitrogens is 1. The van der Waals surface area contributed by atoms with E-state index in [4.69, 9.17) is 4.42 Å². The average molecular weight is 245 g/mol. The molecule has 1 aliphatic rings. The smallest absolute Gasteiger partial charge is 0.279 e. The minimum Gasteiger partial charge on any atom is -0.451 e. The molecule has 2 rings (SSSR count). The second-order valence-corrected chi connectivity index (χ2v) is 5.52. The Morgan fingerprint density at radius 2 is 2.12 bits per heavy atom. The highest BCUT2D eigenvalue weighted by Gasteiger charge is 2.23. The molecule has 7 heteroatoms. The fraction of sp³-hybridized carbons (Fsp3) is 0.667. The Morgan fingerprint density at radius 3 is 2.75 bits per heavy atom. The van der Waals surface area contributed by atoms with Gasteiger partial charge in [-0.25, -0.2) is 4.98 Å². The van der Waals surface area contributed by atoms with Crippen LogP contribution >= 0.6 is 0 Å². The SMILES string of the molecule is O=S(=O)(NCc1cocn1)N1CCCCC1. The average Bonchev–Trinajstić information content (AvgIpc) is 2.81. The van der Waals surface area contributed by atoms with Crippen molar-refractivity contribution in [2.75, 3.05) is 13.1 Å². The summed E-state index contributed by atoms with van der Waals surface area (Å²) in [5, 5.41) is 0. The Labute approximate surface area is 94.8 Å². The van der Waals surface area contributed by atoms with Gasteiger partial charge in [-0.2, -0.15) is 17.4 Å². The van der Waals surface area contributed by atoms with Gasteiger partial charge in [-0.15, -0.1) is 0 Å². The molecule has 0 spiro atoms. The van der Waals surface area contributed by atoms with Crippen molar-refractivity contribution in [1.29, 1.82) is 0 Å². The van der Waals surface area contributed by atoms with Crippen LogP contribution in [-0.4, -0.2) is 30.8 Å². The lowest BCUT2D eigenvalue weighted by molar-refractivity contribution is 0.341. The Balaban J connectivity index is 1.91. The van der Waals surface area contributed by atoms with Crippen molar-refractivity contribution in [3.8, 4) is 0 Å². The van der Waals surface area contributed by atoms with E-state index < -0.39 is 10.2 Å². The molecular formula is C9H15N3O3S. The van der Waals surface area contributed by atoms with Crippen molar-refractivity contribution < 1.29 is 12.8 Å². The molecule has 1 aliphatic heterocycles. The van der Waals surface area contributed by atoms with Crippen LogP contribution in [0.1, 0.15) is 25.0 Å². The summed E-state index contributed by atoms with van der Waals surface area (Å²) in [4.78, 5) is 3.85. The molecule has 0 atom stereocenters. The number of rotatable bonds is 4. The maximum absolute atomic E-state index is 11.8. The minimum atomic E-state index is -3.36. The van der Waals surface area contributed by atoms with Gasteiger partial charge in [0.25, 0.3) is 10.2 Å². The Bertz CT molecular complexity index is 409. The van der Waals surface area contributed by atoms with E-state index in [9.17, 15) is 8.42 Å². The van der Waals surface area contributed by atoms with E-state index in [2.05, 4.69) is 9.71 Å². The number of hydrogen-bond acceptors (Lipinski definition) is 4. The summed E-state index contributed by atoms with van der Waals surface area (Å²) in [6, 6.07) is 0. The summed E-state index contributed by atoms with van der Waals surface area (Å²) in [6.07, 6.45) is 5.69. The van der Waals surface area contributed by atoms with Crippen molar-refractivity contribution in [2.24, 2.45) is 0 Å². The van der Waals surface area contributed by atoms with Crippen molar-refractivity contribution in [1.82, 2.24) is 14.0 Å². The van der Waals surface area contributed by atoms with Gasteiger partial charge in [-0.05, 0) is 12.8 Å². The lowest BCUT2D eigenvalue weighted by atomic mass is 10.2. The van der Waals surface area contributed by atoms with E-state index in [-0.39, 0.29) is 6.54 Å². The molecule has 2 heterocycles. The summed E-state index contributed by atoms with van der Waals surface area (Å²) < 4.78 is 32.4. The fourth-order valence-corrected chi connectivity index (χ4v) is 2.94. The first kappa shape index (κ1) is 11.6.